The molecule has 0 fully saturated rings. The molecule has 0 saturated carbocycles. The molecular weight excluding hydrogens is 121 g/mol. The molecule has 0 saturated heterocycles. The second kappa shape index (κ2) is 1.85. The highest BCUT2D eigenvalue weighted by atomic mass is 31.0. The minimum atomic E-state index is 0.364. The standard InChI is InChI=1S/C4H4N3P/c1-6-4-3(5)8-2-7-4/h2,8H,5H2. The maximum Gasteiger partial charge on any atom is 0.296 e. The largest absolute Gasteiger partial charge is 0.403 e. The second-order valence-corrected chi connectivity index (χ2v) is 2.34. The van der Waals surface area contributed by atoms with Crippen molar-refractivity contribution in [3.63, 3.8) is 0 Å². The number of hydrogen-bond acceptors (Lipinski definition) is 2. The van der Waals surface area contributed by atoms with E-state index in [2.05, 4.69) is 9.83 Å². The summed E-state index contributed by atoms with van der Waals surface area (Å²) in [7, 11) is 0.422. The third kappa shape index (κ3) is 0.661. The van der Waals surface area contributed by atoms with Gasteiger partial charge in [0.05, 0.1) is 5.42 Å². The molecule has 3 nitrogen and oxygen atoms in total. The molecule has 4 heteroatoms. The van der Waals surface area contributed by atoms with Gasteiger partial charge in [-0.2, -0.15) is 0 Å². The van der Waals surface area contributed by atoms with Crippen LogP contribution in [0, 0.1) is 6.57 Å². The van der Waals surface area contributed by atoms with E-state index in [1.54, 1.807) is 5.93 Å². The molecule has 1 aromatic rings. The first-order valence-electron chi connectivity index (χ1n) is 2.01. The summed E-state index contributed by atoms with van der Waals surface area (Å²) < 4.78 is 0. The predicted octanol–water partition coefficient (Wildman–Crippen LogP) is 1.25. The molecule has 1 atom stereocenters. The van der Waals surface area contributed by atoms with Crippen LogP contribution in [0.5, 0.6) is 0 Å². The van der Waals surface area contributed by atoms with Crippen molar-refractivity contribution in [1.82, 2.24) is 4.98 Å². The first-order chi connectivity index (χ1) is 3.84. The topological polar surface area (TPSA) is 43.3 Å². The molecule has 0 bridgehead atoms. The Labute approximate surface area is 48.4 Å². The molecule has 0 aliphatic heterocycles. The summed E-state index contributed by atoms with van der Waals surface area (Å²) in [5.74, 6) is 2.03. The lowest BCUT2D eigenvalue weighted by molar-refractivity contribution is 1.45. The van der Waals surface area contributed by atoms with Gasteiger partial charge in [0.15, 0.2) is 0 Å². The molecule has 2 N–H and O–H groups in total. The van der Waals surface area contributed by atoms with E-state index in [0.29, 0.717) is 19.4 Å². The Morgan fingerprint density at radius 2 is 2.62 bits per heavy atom. The highest BCUT2D eigenvalue weighted by Gasteiger charge is 1.96. The Morgan fingerprint density at radius 3 is 2.88 bits per heavy atom. The van der Waals surface area contributed by atoms with Gasteiger partial charge in [0.2, 0.25) is 0 Å². The smallest absolute Gasteiger partial charge is 0.296 e. The Hall–Kier alpha value is -1.00. The molecule has 1 unspecified atom stereocenters. The van der Waals surface area contributed by atoms with Gasteiger partial charge >= 0.3 is 0 Å². The minimum absolute atomic E-state index is 0.364. The summed E-state index contributed by atoms with van der Waals surface area (Å²) in [6, 6.07) is 0. The van der Waals surface area contributed by atoms with Crippen LogP contribution in [0.3, 0.4) is 0 Å². The van der Waals surface area contributed by atoms with Crippen molar-refractivity contribution < 1.29 is 0 Å². The average Bonchev–Trinajstić information content (AvgIpc) is 2.14. The maximum atomic E-state index is 6.51. The van der Waals surface area contributed by atoms with Crippen LogP contribution in [0.1, 0.15) is 0 Å². The van der Waals surface area contributed by atoms with Gasteiger partial charge in [-0.05, 0) is 0 Å². The summed E-state index contributed by atoms with van der Waals surface area (Å²) in [5.41, 5.74) is 5.95. The molecule has 0 radical (unpaired) electrons. The van der Waals surface area contributed by atoms with Crippen LogP contribution >= 0.6 is 8.19 Å². The van der Waals surface area contributed by atoms with E-state index < -0.39 is 0 Å². The number of rotatable bonds is 0. The van der Waals surface area contributed by atoms with Gasteiger partial charge < -0.3 is 10.6 Å². The van der Waals surface area contributed by atoms with Gasteiger partial charge in [0.25, 0.3) is 5.82 Å². The van der Waals surface area contributed by atoms with Crippen LogP contribution in [-0.2, 0) is 0 Å². The van der Waals surface area contributed by atoms with Crippen molar-refractivity contribution >= 4 is 19.4 Å². The molecule has 1 heterocycles. The lowest BCUT2D eigenvalue weighted by Crippen LogP contribution is -1.74. The highest BCUT2D eigenvalue weighted by molar-refractivity contribution is 7.34. The van der Waals surface area contributed by atoms with Gasteiger partial charge in [0, 0.05) is 0 Å². The third-order valence-electron chi connectivity index (χ3n) is 0.754. The number of nitrogens with zero attached hydrogens (tertiary/aromatic N) is 2. The van der Waals surface area contributed by atoms with Gasteiger partial charge in [-0.15, -0.1) is 4.98 Å². The molecule has 1 rings (SSSR count). The molecule has 0 aromatic carbocycles. The number of nitrogens with two attached hydrogens (primary N) is 1. The predicted molar refractivity (Wildman–Crippen MR) is 34.4 cm³/mol. The van der Waals surface area contributed by atoms with Gasteiger partial charge in [-0.1, -0.05) is 14.8 Å². The van der Waals surface area contributed by atoms with Crippen molar-refractivity contribution in [2.24, 2.45) is 0 Å². The number of anilines is 1. The Bertz CT molecular complexity index is 221. The minimum Gasteiger partial charge on any atom is -0.403 e. The number of hydrogen-bond donors (Lipinski definition) is 1. The SMILES string of the molecule is [C-]#[N+]c1nc[pH]c1N. The molecular formula is C4H4N3P. The van der Waals surface area contributed by atoms with E-state index in [9.17, 15) is 0 Å². The van der Waals surface area contributed by atoms with Crippen molar-refractivity contribution in [2.75, 3.05) is 5.73 Å². The fourth-order valence-electron chi connectivity index (χ4n) is 0.386. The lowest BCUT2D eigenvalue weighted by atomic mass is 10.7. The fraction of sp³-hybridized carbons (Fsp3) is 0. The molecule has 1 aromatic heterocycles. The van der Waals surface area contributed by atoms with E-state index in [1.165, 1.54) is 0 Å². The van der Waals surface area contributed by atoms with Crippen LogP contribution in [0.4, 0.5) is 11.2 Å². The van der Waals surface area contributed by atoms with Crippen LogP contribution in [0.15, 0.2) is 5.93 Å². The van der Waals surface area contributed by atoms with E-state index in [4.69, 9.17) is 12.3 Å². The van der Waals surface area contributed by atoms with Crippen molar-refractivity contribution in [3.8, 4) is 0 Å². The first kappa shape index (κ1) is 5.14. The van der Waals surface area contributed by atoms with Crippen LogP contribution < -0.4 is 5.73 Å². The fourth-order valence-corrected chi connectivity index (χ4v) is 0.962. The van der Waals surface area contributed by atoms with Crippen LogP contribution in [0.25, 0.3) is 4.85 Å². The normalized spacial score (nSPS) is 9.38. The summed E-state index contributed by atoms with van der Waals surface area (Å²) >= 11 is 0. The molecule has 40 valence electrons. The van der Waals surface area contributed by atoms with E-state index in [1.807, 2.05) is 0 Å². The zero-order chi connectivity index (χ0) is 5.98. The van der Waals surface area contributed by atoms with Crippen LogP contribution in [-0.4, -0.2) is 4.98 Å². The van der Waals surface area contributed by atoms with E-state index >= 15 is 0 Å². The summed E-state index contributed by atoms with van der Waals surface area (Å²) in [6.07, 6.45) is 0. The van der Waals surface area contributed by atoms with Crippen molar-refractivity contribution in [2.45, 2.75) is 0 Å². The molecule has 0 spiro atoms. The zero-order valence-corrected chi connectivity index (χ0v) is 5.05. The van der Waals surface area contributed by atoms with E-state index in [-0.39, 0.29) is 0 Å². The summed E-state index contributed by atoms with van der Waals surface area (Å²) in [6.45, 7) is 6.51. The summed E-state index contributed by atoms with van der Waals surface area (Å²) in [5, 5.41) is 0. The van der Waals surface area contributed by atoms with Crippen LogP contribution in [0.2, 0.25) is 0 Å². The average molecular weight is 125 g/mol. The van der Waals surface area contributed by atoms with Gasteiger partial charge in [0.1, 0.15) is 5.93 Å². The lowest BCUT2D eigenvalue weighted by Gasteiger charge is -1.79. The molecule has 0 aliphatic rings. The molecule has 8 heavy (non-hydrogen) atoms. The summed E-state index contributed by atoms with van der Waals surface area (Å²) in [4.78, 5) is 6.81. The van der Waals surface area contributed by atoms with Gasteiger partial charge in [-0.3, -0.25) is 0 Å². The van der Waals surface area contributed by atoms with Crippen molar-refractivity contribution in [3.05, 3.63) is 17.3 Å². The van der Waals surface area contributed by atoms with Gasteiger partial charge in [-0.25, -0.2) is 0 Å². The Kier molecular flexibility index (Phi) is 1.19. The third-order valence-corrected chi connectivity index (χ3v) is 1.55. The second-order valence-electron chi connectivity index (χ2n) is 1.25. The number of aromatic nitrogens is 1. The monoisotopic (exact) mass is 125 g/mol. The number of nitrogen functional groups attached to an aromatic ring is 1. The highest BCUT2D eigenvalue weighted by Crippen LogP contribution is 2.27. The molecule has 0 aliphatic carbocycles. The van der Waals surface area contributed by atoms with Crippen molar-refractivity contribution in [1.29, 1.82) is 0 Å². The van der Waals surface area contributed by atoms with E-state index in [0.717, 1.165) is 0 Å². The first-order valence-corrected chi connectivity index (χ1v) is 3.08. The Balaban J connectivity index is 3.15. The zero-order valence-electron chi connectivity index (χ0n) is 4.05. The quantitative estimate of drug-likeness (QED) is 0.530. The Morgan fingerprint density at radius 1 is 1.88 bits per heavy atom. The maximum absolute atomic E-state index is 6.51. The molecule has 0 amide bonds.